The van der Waals surface area contributed by atoms with Gasteiger partial charge in [-0.05, 0) is 31.2 Å². The van der Waals surface area contributed by atoms with Crippen LogP contribution in [-0.4, -0.2) is 46.2 Å². The maximum atomic E-state index is 12.8. The van der Waals surface area contributed by atoms with E-state index in [1.54, 1.807) is 74.5 Å². The van der Waals surface area contributed by atoms with E-state index < -0.39 is 52.1 Å². The highest BCUT2D eigenvalue weighted by atomic mass is 35.6. The van der Waals surface area contributed by atoms with Crippen molar-refractivity contribution in [3.05, 3.63) is 71.8 Å². The largest absolute Gasteiger partial charge is 0.454 e. The minimum atomic E-state index is -2.17. The quantitative estimate of drug-likeness (QED) is 0.256. The molecule has 0 radical (unpaired) electrons. The van der Waals surface area contributed by atoms with Gasteiger partial charge in [0.05, 0.1) is 17.2 Å². The van der Waals surface area contributed by atoms with Crippen molar-refractivity contribution in [2.75, 3.05) is 0 Å². The Morgan fingerprint density at radius 2 is 1.27 bits per heavy atom. The smallest absolute Gasteiger partial charge is 0.338 e. The van der Waals surface area contributed by atoms with Crippen LogP contribution in [0.3, 0.4) is 0 Å². The maximum absolute atomic E-state index is 12.8. The molecule has 0 amide bonds. The molecule has 0 saturated carbocycles. The SMILES string of the molecule is CC1O[C@@H](OC(=N)C(Cl)(Cl)Cl)C(OC(=O)c2ccccc2)[C@@H](OC(=O)c2ccccc2)[C@@H]1C. The Labute approximate surface area is 206 Å². The summed E-state index contributed by atoms with van der Waals surface area (Å²) < 4.78 is 20.5. The van der Waals surface area contributed by atoms with Crippen LogP contribution in [0.15, 0.2) is 60.7 Å². The lowest BCUT2D eigenvalue weighted by atomic mass is 9.91. The molecule has 176 valence electrons. The van der Waals surface area contributed by atoms with Gasteiger partial charge in [0.25, 0.3) is 3.79 Å². The zero-order valence-electron chi connectivity index (χ0n) is 17.7. The van der Waals surface area contributed by atoms with Crippen LogP contribution in [-0.2, 0) is 18.9 Å². The Bertz CT molecular complexity index is 983. The van der Waals surface area contributed by atoms with Crippen LogP contribution in [0, 0.1) is 11.3 Å². The lowest BCUT2D eigenvalue weighted by Crippen LogP contribution is -2.57. The second-order valence-corrected chi connectivity index (χ2v) is 9.77. The minimum Gasteiger partial charge on any atom is -0.454 e. The third kappa shape index (κ3) is 6.38. The predicted molar refractivity (Wildman–Crippen MR) is 124 cm³/mol. The fourth-order valence-corrected chi connectivity index (χ4v) is 3.37. The molecule has 1 N–H and O–H groups in total. The summed E-state index contributed by atoms with van der Waals surface area (Å²) in [5, 5.41) is 7.92. The molecule has 1 aliphatic heterocycles. The summed E-state index contributed by atoms with van der Waals surface area (Å²) in [4.78, 5) is 25.6. The number of halogens is 3. The van der Waals surface area contributed by atoms with Gasteiger partial charge in [-0.25, -0.2) is 9.59 Å². The van der Waals surface area contributed by atoms with E-state index in [0.717, 1.165) is 0 Å². The topological polar surface area (TPSA) is 94.9 Å². The number of alkyl halides is 3. The number of carbonyl (C=O) groups excluding carboxylic acids is 2. The molecular weight excluding hydrogens is 493 g/mol. The van der Waals surface area contributed by atoms with E-state index in [0.29, 0.717) is 5.56 Å². The number of rotatable bonds is 5. The minimum absolute atomic E-state index is 0.270. The highest BCUT2D eigenvalue weighted by molar-refractivity contribution is 6.76. The molecule has 0 bridgehead atoms. The van der Waals surface area contributed by atoms with E-state index >= 15 is 0 Å². The van der Waals surface area contributed by atoms with E-state index in [9.17, 15) is 9.59 Å². The summed E-state index contributed by atoms with van der Waals surface area (Å²) >= 11 is 17.3. The van der Waals surface area contributed by atoms with Gasteiger partial charge in [-0.2, -0.15) is 0 Å². The molecular formula is C23H22Cl3NO6. The lowest BCUT2D eigenvalue weighted by molar-refractivity contribution is -0.255. The predicted octanol–water partition coefficient (Wildman–Crippen LogP) is 5.18. The van der Waals surface area contributed by atoms with E-state index in [-0.39, 0.29) is 5.56 Å². The van der Waals surface area contributed by atoms with Crippen molar-refractivity contribution in [3.8, 4) is 0 Å². The maximum Gasteiger partial charge on any atom is 0.338 e. The average molecular weight is 515 g/mol. The number of hydrogen-bond donors (Lipinski definition) is 1. The van der Waals surface area contributed by atoms with E-state index in [1.165, 1.54) is 0 Å². The number of carbonyl (C=O) groups is 2. The number of hydrogen-bond acceptors (Lipinski definition) is 7. The first-order valence-corrected chi connectivity index (χ1v) is 11.2. The molecule has 3 rings (SSSR count). The molecule has 0 spiro atoms. The molecule has 1 heterocycles. The Kier molecular flexibility index (Phi) is 8.23. The molecule has 0 aliphatic carbocycles. The zero-order valence-corrected chi connectivity index (χ0v) is 20.0. The van der Waals surface area contributed by atoms with Crippen molar-refractivity contribution in [2.45, 2.75) is 42.2 Å². The molecule has 10 heteroatoms. The Balaban J connectivity index is 1.91. The van der Waals surface area contributed by atoms with Gasteiger partial charge in [0.1, 0.15) is 0 Å². The van der Waals surface area contributed by atoms with Crippen molar-refractivity contribution in [1.29, 1.82) is 5.41 Å². The molecule has 7 nitrogen and oxygen atoms in total. The van der Waals surface area contributed by atoms with Gasteiger partial charge in [0, 0.05) is 5.92 Å². The zero-order chi connectivity index (χ0) is 24.2. The molecule has 1 fully saturated rings. The second-order valence-electron chi connectivity index (χ2n) is 7.49. The third-order valence-electron chi connectivity index (χ3n) is 5.20. The standard InChI is InChI=1S/C23H22Cl3NO6/c1-13-14(2)30-21(33-22(27)23(24,25)26)18(32-20(29)16-11-7-4-8-12-16)17(13)31-19(28)15-9-5-3-6-10-15/h3-14,17-18,21,27H,1-2H3/t13-,14?,17+,18?,21+/m1/s1. The average Bonchev–Trinajstić information content (AvgIpc) is 2.79. The molecule has 2 aromatic carbocycles. The fraction of sp³-hybridized carbons (Fsp3) is 0.348. The highest BCUT2D eigenvalue weighted by Crippen LogP contribution is 2.35. The van der Waals surface area contributed by atoms with Crippen molar-refractivity contribution in [3.63, 3.8) is 0 Å². The van der Waals surface area contributed by atoms with Crippen LogP contribution in [0.2, 0.25) is 0 Å². The van der Waals surface area contributed by atoms with Crippen LogP contribution < -0.4 is 0 Å². The van der Waals surface area contributed by atoms with Gasteiger partial charge >= 0.3 is 11.9 Å². The van der Waals surface area contributed by atoms with Crippen molar-refractivity contribution in [1.82, 2.24) is 0 Å². The normalized spacial score (nSPS) is 25.1. The highest BCUT2D eigenvalue weighted by Gasteiger charge is 2.50. The number of ether oxygens (including phenoxy) is 4. The van der Waals surface area contributed by atoms with Gasteiger partial charge in [0.15, 0.2) is 6.10 Å². The van der Waals surface area contributed by atoms with Crippen LogP contribution >= 0.6 is 34.8 Å². The summed E-state index contributed by atoms with van der Waals surface area (Å²) in [6.45, 7) is 3.52. The molecule has 1 aliphatic rings. The van der Waals surface area contributed by atoms with E-state index in [2.05, 4.69) is 0 Å². The third-order valence-corrected chi connectivity index (χ3v) is 5.71. The van der Waals surface area contributed by atoms with E-state index in [1.807, 2.05) is 0 Å². The lowest BCUT2D eigenvalue weighted by Gasteiger charge is -2.43. The van der Waals surface area contributed by atoms with Crippen LogP contribution in [0.4, 0.5) is 0 Å². The molecule has 2 aromatic rings. The van der Waals surface area contributed by atoms with Crippen molar-refractivity contribution in [2.24, 2.45) is 5.92 Å². The summed E-state index contributed by atoms with van der Waals surface area (Å²) in [6.07, 6.45) is -4.08. The summed E-state index contributed by atoms with van der Waals surface area (Å²) in [6, 6.07) is 16.6. The number of nitrogens with one attached hydrogen (secondary N) is 1. The Morgan fingerprint density at radius 1 is 0.818 bits per heavy atom. The first-order valence-electron chi connectivity index (χ1n) is 10.1. The molecule has 33 heavy (non-hydrogen) atoms. The summed E-state index contributed by atoms with van der Waals surface area (Å²) in [5.41, 5.74) is 0.593. The van der Waals surface area contributed by atoms with Crippen LogP contribution in [0.25, 0.3) is 0 Å². The van der Waals surface area contributed by atoms with Crippen molar-refractivity contribution < 1.29 is 28.5 Å². The molecule has 2 unspecified atom stereocenters. The monoisotopic (exact) mass is 513 g/mol. The Hall–Kier alpha value is -2.32. The first kappa shape index (κ1) is 25.3. The number of benzene rings is 2. The first-order chi connectivity index (χ1) is 15.6. The van der Waals surface area contributed by atoms with Crippen LogP contribution in [0.1, 0.15) is 34.6 Å². The summed E-state index contributed by atoms with van der Waals surface area (Å²) in [7, 11) is 0. The van der Waals surface area contributed by atoms with Gasteiger partial charge in [-0.3, -0.25) is 5.41 Å². The van der Waals surface area contributed by atoms with Crippen molar-refractivity contribution >= 4 is 52.6 Å². The molecule has 5 atom stereocenters. The molecule has 0 aromatic heterocycles. The fourth-order valence-electron chi connectivity index (χ4n) is 3.24. The second kappa shape index (κ2) is 10.7. The van der Waals surface area contributed by atoms with Gasteiger partial charge in [0.2, 0.25) is 18.3 Å². The molecule has 1 saturated heterocycles. The summed E-state index contributed by atoms with van der Waals surface area (Å²) in [5.74, 6) is -2.43. The van der Waals surface area contributed by atoms with E-state index in [4.69, 9.17) is 59.2 Å². The van der Waals surface area contributed by atoms with Gasteiger partial charge in [-0.1, -0.05) is 78.1 Å². The Morgan fingerprint density at radius 3 is 1.73 bits per heavy atom. The number of esters is 2. The van der Waals surface area contributed by atoms with Gasteiger partial charge < -0.3 is 18.9 Å². The van der Waals surface area contributed by atoms with Crippen LogP contribution in [0.5, 0.6) is 0 Å². The van der Waals surface area contributed by atoms with Gasteiger partial charge in [-0.15, -0.1) is 0 Å².